The summed E-state index contributed by atoms with van der Waals surface area (Å²) in [5.74, 6) is 0.871. The first-order chi connectivity index (χ1) is 22.5. The quantitative estimate of drug-likeness (QED) is 0.143. The molecule has 0 spiro atoms. The average Bonchev–Trinajstić information content (AvgIpc) is 3.50. The molecule has 1 aliphatic heterocycles. The Morgan fingerprint density at radius 1 is 0.891 bits per heavy atom. The van der Waals surface area contributed by atoms with E-state index in [-0.39, 0.29) is 11.9 Å². The number of rotatable bonds is 11. The number of hydrogen-bond donors (Lipinski definition) is 1. The van der Waals surface area contributed by atoms with Crippen LogP contribution in [-0.2, 0) is 11.3 Å². The van der Waals surface area contributed by atoms with E-state index in [1.807, 2.05) is 78.9 Å². The summed E-state index contributed by atoms with van der Waals surface area (Å²) in [5.41, 5.74) is 5.26. The monoisotopic (exact) mass is 670 g/mol. The summed E-state index contributed by atoms with van der Waals surface area (Å²) in [5, 5.41) is 6.51. The molecule has 1 amide bonds. The third-order valence-corrected chi connectivity index (χ3v) is 9.58. The fraction of sp³-hybridized carbons (Fsp3) is 0.243. The number of benzene rings is 4. The van der Waals surface area contributed by atoms with Crippen LogP contribution in [0.5, 0.6) is 5.75 Å². The largest absolute Gasteiger partial charge is 0.494 e. The second-order valence-corrected chi connectivity index (χ2v) is 13.0. The van der Waals surface area contributed by atoms with Gasteiger partial charge in [0.05, 0.1) is 28.0 Å². The van der Waals surface area contributed by atoms with Crippen LogP contribution in [0.4, 0.5) is 5.69 Å². The molecule has 2 heterocycles. The number of amides is 1. The first-order valence-corrected chi connectivity index (χ1v) is 17.2. The van der Waals surface area contributed by atoms with Gasteiger partial charge in [0.1, 0.15) is 5.75 Å². The Morgan fingerprint density at radius 2 is 1.61 bits per heavy atom. The molecule has 1 fully saturated rings. The Morgan fingerprint density at radius 3 is 2.33 bits per heavy atom. The van der Waals surface area contributed by atoms with Gasteiger partial charge in [-0.3, -0.25) is 14.3 Å². The first kappa shape index (κ1) is 32.1. The average molecular weight is 672 g/mol. The molecule has 6 rings (SSSR count). The van der Waals surface area contributed by atoms with Crippen LogP contribution < -0.4 is 14.9 Å². The summed E-state index contributed by atoms with van der Waals surface area (Å²) in [6, 6.07) is 34.4. The van der Waals surface area contributed by atoms with Gasteiger partial charge in [-0.15, -0.1) is 11.3 Å². The molecule has 236 valence electrons. The molecule has 6 nitrogen and oxygen atoms in total. The number of para-hydroxylation sites is 2. The number of nitrogens with zero attached hydrogens (tertiary/aromatic N) is 3. The highest BCUT2D eigenvalue weighted by atomic mass is 35.5. The van der Waals surface area contributed by atoms with E-state index < -0.39 is 0 Å². The molecular weight excluding hydrogens is 635 g/mol. The molecule has 9 heteroatoms. The number of piperidine rings is 1. The predicted molar refractivity (Wildman–Crippen MR) is 188 cm³/mol. The van der Waals surface area contributed by atoms with Crippen LogP contribution in [-0.4, -0.2) is 41.1 Å². The molecule has 1 aliphatic rings. The molecule has 5 aromatic rings. The minimum absolute atomic E-state index is 0.0847. The summed E-state index contributed by atoms with van der Waals surface area (Å²) in [7, 11) is 0. The van der Waals surface area contributed by atoms with Crippen molar-refractivity contribution in [2.75, 3.05) is 19.7 Å². The topological polar surface area (TPSA) is 58.9 Å². The van der Waals surface area contributed by atoms with Crippen molar-refractivity contribution in [2.24, 2.45) is 4.99 Å². The lowest BCUT2D eigenvalue weighted by atomic mass is 10.0. The molecule has 4 aromatic carbocycles. The fourth-order valence-electron chi connectivity index (χ4n) is 5.61. The lowest BCUT2D eigenvalue weighted by molar-refractivity contribution is -0.122. The standard InChI is InChI=1S/C37H36Cl2N4O2S/c38-33-18-13-27(24-34(33)39)25-42-21-19-30(20-22-42)40-36(44)12-7-23-45-32-16-14-28(15-17-32)35-26-46-37(41-29-8-3-1-4-9-29)43(35)31-10-5-2-6-11-31/h1-6,8-11,13-18,24,26,30H,7,12,19-23,25H2,(H,40,44). The number of hydrogen-bond acceptors (Lipinski definition) is 5. The summed E-state index contributed by atoms with van der Waals surface area (Å²) < 4.78 is 8.18. The van der Waals surface area contributed by atoms with Crippen LogP contribution in [0.15, 0.2) is 114 Å². The van der Waals surface area contributed by atoms with Gasteiger partial charge in [0.2, 0.25) is 5.91 Å². The molecule has 0 bridgehead atoms. The van der Waals surface area contributed by atoms with Gasteiger partial charge in [-0.25, -0.2) is 4.99 Å². The van der Waals surface area contributed by atoms with Crippen molar-refractivity contribution in [1.29, 1.82) is 0 Å². The van der Waals surface area contributed by atoms with Crippen LogP contribution in [0.1, 0.15) is 31.2 Å². The maximum absolute atomic E-state index is 12.6. The van der Waals surface area contributed by atoms with E-state index in [4.69, 9.17) is 32.9 Å². The van der Waals surface area contributed by atoms with Crippen molar-refractivity contribution in [3.05, 3.63) is 129 Å². The second kappa shape index (κ2) is 15.6. The van der Waals surface area contributed by atoms with Crippen molar-refractivity contribution >= 4 is 46.1 Å². The fourth-order valence-corrected chi connectivity index (χ4v) is 6.85. The molecule has 0 radical (unpaired) electrons. The minimum Gasteiger partial charge on any atom is -0.494 e. The lowest BCUT2D eigenvalue weighted by Gasteiger charge is -2.32. The molecule has 0 unspecified atom stereocenters. The Hall–Kier alpha value is -3.88. The van der Waals surface area contributed by atoms with E-state index in [0.717, 1.165) is 71.2 Å². The predicted octanol–water partition coefficient (Wildman–Crippen LogP) is 8.68. The van der Waals surface area contributed by atoms with Gasteiger partial charge in [-0.1, -0.05) is 65.7 Å². The van der Waals surface area contributed by atoms with Crippen molar-refractivity contribution in [1.82, 2.24) is 14.8 Å². The first-order valence-electron chi connectivity index (χ1n) is 15.6. The van der Waals surface area contributed by atoms with Crippen LogP contribution in [0.25, 0.3) is 16.9 Å². The van der Waals surface area contributed by atoms with E-state index in [1.165, 1.54) is 0 Å². The summed E-state index contributed by atoms with van der Waals surface area (Å²) in [6.07, 6.45) is 2.98. The van der Waals surface area contributed by atoms with Gasteiger partial charge in [0.15, 0.2) is 4.80 Å². The third kappa shape index (κ3) is 8.47. The number of carbonyl (C=O) groups excluding carboxylic acids is 1. The van der Waals surface area contributed by atoms with Gasteiger partial charge >= 0.3 is 0 Å². The van der Waals surface area contributed by atoms with E-state index >= 15 is 0 Å². The number of aromatic nitrogens is 1. The zero-order valence-electron chi connectivity index (χ0n) is 25.4. The molecule has 1 aromatic heterocycles. The van der Waals surface area contributed by atoms with Gasteiger partial charge < -0.3 is 10.1 Å². The number of nitrogens with one attached hydrogen (secondary N) is 1. The molecule has 0 aliphatic carbocycles. The second-order valence-electron chi connectivity index (χ2n) is 11.4. The number of likely N-dealkylation sites (tertiary alicyclic amines) is 1. The number of ether oxygens (including phenoxy) is 1. The third-order valence-electron chi connectivity index (χ3n) is 8.01. The molecule has 46 heavy (non-hydrogen) atoms. The smallest absolute Gasteiger partial charge is 0.220 e. The van der Waals surface area contributed by atoms with E-state index in [1.54, 1.807) is 11.3 Å². The lowest BCUT2D eigenvalue weighted by Crippen LogP contribution is -2.44. The maximum atomic E-state index is 12.6. The van der Waals surface area contributed by atoms with Crippen molar-refractivity contribution < 1.29 is 9.53 Å². The van der Waals surface area contributed by atoms with Crippen LogP contribution in [0, 0.1) is 0 Å². The molecule has 0 saturated carbocycles. The van der Waals surface area contributed by atoms with Crippen LogP contribution in [0.2, 0.25) is 10.0 Å². The van der Waals surface area contributed by atoms with E-state index in [9.17, 15) is 4.79 Å². The normalized spacial score (nSPS) is 14.3. The van der Waals surface area contributed by atoms with Gasteiger partial charge in [-0.05, 0) is 91.1 Å². The van der Waals surface area contributed by atoms with E-state index in [2.05, 4.69) is 44.4 Å². The van der Waals surface area contributed by atoms with Crippen molar-refractivity contribution in [3.8, 4) is 22.7 Å². The van der Waals surface area contributed by atoms with Crippen LogP contribution >= 0.6 is 34.5 Å². The van der Waals surface area contributed by atoms with Crippen molar-refractivity contribution in [2.45, 2.75) is 38.3 Å². The molecular formula is C37H36Cl2N4O2S. The van der Waals surface area contributed by atoms with Gasteiger partial charge in [0.25, 0.3) is 0 Å². The minimum atomic E-state index is 0.0847. The molecule has 0 atom stereocenters. The van der Waals surface area contributed by atoms with Gasteiger partial charge in [-0.2, -0.15) is 0 Å². The summed E-state index contributed by atoms with van der Waals surface area (Å²) in [6.45, 7) is 3.19. The van der Waals surface area contributed by atoms with Crippen LogP contribution in [0.3, 0.4) is 0 Å². The van der Waals surface area contributed by atoms with Gasteiger partial charge in [0, 0.05) is 43.2 Å². The van der Waals surface area contributed by atoms with E-state index in [0.29, 0.717) is 29.5 Å². The highest BCUT2D eigenvalue weighted by Gasteiger charge is 2.21. The van der Waals surface area contributed by atoms with Crippen molar-refractivity contribution in [3.63, 3.8) is 0 Å². The Kier molecular flexibility index (Phi) is 10.9. The zero-order valence-corrected chi connectivity index (χ0v) is 27.8. The Bertz CT molecular complexity index is 1800. The zero-order chi connectivity index (χ0) is 31.7. The Balaban J connectivity index is 0.978. The highest BCUT2D eigenvalue weighted by molar-refractivity contribution is 7.07. The summed E-state index contributed by atoms with van der Waals surface area (Å²) >= 11 is 13.8. The SMILES string of the molecule is O=C(CCCOc1ccc(-c2csc(=Nc3ccccc3)n2-c2ccccc2)cc1)NC1CCN(Cc2ccc(Cl)c(Cl)c2)CC1. The number of carbonyl (C=O) groups is 1. The molecule has 1 saturated heterocycles. The maximum Gasteiger partial charge on any atom is 0.220 e. The number of thiazole rings is 1. The number of halogens is 2. The highest BCUT2D eigenvalue weighted by Crippen LogP contribution is 2.27. The Labute approximate surface area is 283 Å². The molecule has 1 N–H and O–H groups in total. The summed E-state index contributed by atoms with van der Waals surface area (Å²) in [4.78, 5) is 20.8.